The molecule has 2 atom stereocenters. The van der Waals surface area contributed by atoms with Gasteiger partial charge in [0.05, 0.1) is 25.4 Å². The summed E-state index contributed by atoms with van der Waals surface area (Å²) in [5, 5.41) is 23.2. The van der Waals surface area contributed by atoms with Gasteiger partial charge in [0, 0.05) is 12.8 Å². The first-order chi connectivity index (χ1) is 28.0. The van der Waals surface area contributed by atoms with Gasteiger partial charge in [-0.15, -0.1) is 0 Å². The normalized spacial score (nSPS) is 13.0. The van der Waals surface area contributed by atoms with Crippen LogP contribution in [0, 0.1) is 0 Å². The van der Waals surface area contributed by atoms with Crippen LogP contribution in [0.4, 0.5) is 0 Å². The number of allylic oxidation sites excluding steroid dienone is 6. The molecule has 0 spiro atoms. The summed E-state index contributed by atoms with van der Waals surface area (Å²) in [6.07, 6.45) is 55.3. The number of carbonyl (C=O) groups is 2. The molecule has 0 radical (unpaired) electrons. The Morgan fingerprint density at radius 1 is 0.491 bits per heavy atom. The molecule has 3 N–H and O–H groups in total. The van der Waals surface area contributed by atoms with Gasteiger partial charge >= 0.3 is 5.97 Å². The Hall–Kier alpha value is -1.92. The lowest BCUT2D eigenvalue weighted by molar-refractivity contribution is -0.143. The minimum absolute atomic E-state index is 0.0380. The van der Waals surface area contributed by atoms with Crippen molar-refractivity contribution in [3.63, 3.8) is 0 Å². The van der Waals surface area contributed by atoms with Crippen molar-refractivity contribution < 1.29 is 24.5 Å². The number of esters is 1. The molecule has 6 nitrogen and oxygen atoms in total. The van der Waals surface area contributed by atoms with Gasteiger partial charge in [0.15, 0.2) is 0 Å². The minimum Gasteiger partial charge on any atom is -0.466 e. The molecule has 0 rings (SSSR count). The van der Waals surface area contributed by atoms with Crippen LogP contribution in [0.5, 0.6) is 0 Å². The Bertz CT molecular complexity index is 931. The second kappa shape index (κ2) is 46.8. The van der Waals surface area contributed by atoms with Gasteiger partial charge in [-0.1, -0.05) is 192 Å². The molecule has 0 heterocycles. The Morgan fingerprint density at radius 2 is 0.895 bits per heavy atom. The number of hydrogen-bond acceptors (Lipinski definition) is 5. The molecule has 57 heavy (non-hydrogen) atoms. The Morgan fingerprint density at radius 3 is 1.40 bits per heavy atom. The van der Waals surface area contributed by atoms with Crippen molar-refractivity contribution in [1.82, 2.24) is 5.32 Å². The van der Waals surface area contributed by atoms with Gasteiger partial charge in [0.1, 0.15) is 0 Å². The molecule has 0 aromatic carbocycles. The van der Waals surface area contributed by atoms with Crippen molar-refractivity contribution in [2.24, 2.45) is 0 Å². The summed E-state index contributed by atoms with van der Waals surface area (Å²) in [5.41, 5.74) is 0. The highest BCUT2D eigenvalue weighted by Crippen LogP contribution is 2.15. The number of ether oxygens (including phenoxy) is 1. The van der Waals surface area contributed by atoms with Crippen LogP contribution in [-0.4, -0.2) is 47.4 Å². The van der Waals surface area contributed by atoms with Crippen LogP contribution in [0.15, 0.2) is 36.5 Å². The summed E-state index contributed by atoms with van der Waals surface area (Å²) >= 11 is 0. The fraction of sp³-hybridized carbons (Fsp3) is 0.843. The Kier molecular flexibility index (Phi) is 45.2. The van der Waals surface area contributed by atoms with E-state index in [0.717, 1.165) is 89.9 Å². The highest BCUT2D eigenvalue weighted by molar-refractivity contribution is 5.76. The maximum absolute atomic E-state index is 12.4. The third-order valence-electron chi connectivity index (χ3n) is 11.2. The zero-order chi connectivity index (χ0) is 41.5. The topological polar surface area (TPSA) is 95.9 Å². The first-order valence-electron chi connectivity index (χ1n) is 24.7. The minimum atomic E-state index is -0.681. The molecule has 0 saturated heterocycles. The van der Waals surface area contributed by atoms with Crippen molar-refractivity contribution >= 4 is 11.9 Å². The molecule has 6 heteroatoms. The highest BCUT2D eigenvalue weighted by Gasteiger charge is 2.20. The summed E-state index contributed by atoms with van der Waals surface area (Å²) < 4.78 is 5.43. The van der Waals surface area contributed by atoms with Gasteiger partial charge in [0.2, 0.25) is 5.91 Å². The van der Waals surface area contributed by atoms with E-state index in [0.29, 0.717) is 25.9 Å². The summed E-state index contributed by atoms with van der Waals surface area (Å²) in [6, 6.07) is -0.560. The van der Waals surface area contributed by atoms with Gasteiger partial charge < -0.3 is 20.3 Å². The molecule has 0 aliphatic carbocycles. The number of carbonyl (C=O) groups excluding carboxylic acids is 2. The predicted octanol–water partition coefficient (Wildman–Crippen LogP) is 14.5. The van der Waals surface area contributed by atoms with E-state index in [2.05, 4.69) is 55.6 Å². The van der Waals surface area contributed by atoms with Gasteiger partial charge in [0.25, 0.3) is 0 Å². The van der Waals surface area contributed by atoms with Crippen LogP contribution in [0.25, 0.3) is 0 Å². The van der Waals surface area contributed by atoms with E-state index in [1.54, 1.807) is 0 Å². The molecular weight excluding hydrogens is 707 g/mol. The summed E-state index contributed by atoms with van der Waals surface area (Å²) in [6.45, 7) is 4.83. The molecule has 0 aromatic rings. The summed E-state index contributed by atoms with van der Waals surface area (Å²) in [4.78, 5) is 24.4. The average Bonchev–Trinajstić information content (AvgIpc) is 3.21. The van der Waals surface area contributed by atoms with Crippen molar-refractivity contribution in [2.45, 2.75) is 264 Å². The number of rotatable bonds is 45. The van der Waals surface area contributed by atoms with E-state index in [1.165, 1.54) is 128 Å². The molecule has 0 aliphatic rings. The number of aliphatic hydroxyl groups is 2. The Labute approximate surface area is 353 Å². The number of nitrogens with one attached hydrogen (secondary N) is 1. The average molecular weight is 802 g/mol. The van der Waals surface area contributed by atoms with Crippen molar-refractivity contribution in [2.75, 3.05) is 13.2 Å². The fourth-order valence-corrected chi connectivity index (χ4v) is 7.30. The van der Waals surface area contributed by atoms with E-state index in [-0.39, 0.29) is 18.5 Å². The standard InChI is InChI=1S/C51H95NO5/c1-3-5-7-9-11-13-15-17-19-23-27-31-35-39-43-49(54)48(47-53)52-50(55)44-40-36-32-28-24-21-22-26-30-34-38-42-46-57-51(56)45-41-37-33-29-25-20-18-16-14-12-10-8-6-4-2/h10,12,16,18,22,26,48-49,53-54H,3-9,11,13-15,17,19-21,23-25,27-47H2,1-2H3,(H,52,55)/b12-10-,18-16-,26-22-. The van der Waals surface area contributed by atoms with E-state index < -0.39 is 12.1 Å². The molecule has 0 bridgehead atoms. The molecule has 2 unspecified atom stereocenters. The predicted molar refractivity (Wildman–Crippen MR) is 246 cm³/mol. The van der Waals surface area contributed by atoms with Crippen molar-refractivity contribution in [3.8, 4) is 0 Å². The van der Waals surface area contributed by atoms with Crippen LogP contribution >= 0.6 is 0 Å². The smallest absolute Gasteiger partial charge is 0.305 e. The zero-order valence-corrected chi connectivity index (χ0v) is 37.8. The molecule has 1 amide bonds. The molecule has 334 valence electrons. The first-order valence-corrected chi connectivity index (χ1v) is 24.7. The molecular formula is C51H95NO5. The van der Waals surface area contributed by atoms with Crippen LogP contribution < -0.4 is 5.32 Å². The number of amides is 1. The monoisotopic (exact) mass is 802 g/mol. The largest absolute Gasteiger partial charge is 0.466 e. The van der Waals surface area contributed by atoms with Crippen molar-refractivity contribution in [1.29, 1.82) is 0 Å². The van der Waals surface area contributed by atoms with E-state index >= 15 is 0 Å². The van der Waals surface area contributed by atoms with Crippen LogP contribution in [0.2, 0.25) is 0 Å². The van der Waals surface area contributed by atoms with Gasteiger partial charge in [-0.25, -0.2) is 0 Å². The van der Waals surface area contributed by atoms with E-state index in [1.807, 2.05) is 0 Å². The Balaban J connectivity index is 3.53. The number of aliphatic hydroxyl groups excluding tert-OH is 2. The van der Waals surface area contributed by atoms with Gasteiger partial charge in [-0.2, -0.15) is 0 Å². The van der Waals surface area contributed by atoms with Crippen molar-refractivity contribution in [3.05, 3.63) is 36.5 Å². The lowest BCUT2D eigenvalue weighted by Gasteiger charge is -2.22. The number of hydrogen-bond donors (Lipinski definition) is 3. The second-order valence-corrected chi connectivity index (χ2v) is 16.8. The maximum Gasteiger partial charge on any atom is 0.305 e. The van der Waals surface area contributed by atoms with Crippen LogP contribution in [-0.2, 0) is 14.3 Å². The molecule has 0 saturated carbocycles. The van der Waals surface area contributed by atoms with Crippen LogP contribution in [0.3, 0.4) is 0 Å². The lowest BCUT2D eigenvalue weighted by atomic mass is 10.0. The molecule has 0 fully saturated rings. The maximum atomic E-state index is 12.4. The van der Waals surface area contributed by atoms with Crippen LogP contribution in [0.1, 0.15) is 251 Å². The van der Waals surface area contributed by atoms with E-state index in [9.17, 15) is 19.8 Å². The summed E-state index contributed by atoms with van der Waals surface area (Å²) in [7, 11) is 0. The fourth-order valence-electron chi connectivity index (χ4n) is 7.30. The molecule has 0 aliphatic heterocycles. The lowest BCUT2D eigenvalue weighted by Crippen LogP contribution is -2.45. The van der Waals surface area contributed by atoms with Gasteiger partial charge in [-0.05, 0) is 83.5 Å². The third-order valence-corrected chi connectivity index (χ3v) is 11.2. The third kappa shape index (κ3) is 43.5. The molecule has 0 aromatic heterocycles. The zero-order valence-electron chi connectivity index (χ0n) is 37.8. The highest BCUT2D eigenvalue weighted by atomic mass is 16.5. The van der Waals surface area contributed by atoms with Gasteiger partial charge in [-0.3, -0.25) is 9.59 Å². The number of unbranched alkanes of at least 4 members (excludes halogenated alkanes) is 28. The summed E-state index contributed by atoms with van der Waals surface area (Å²) in [5.74, 6) is -0.101. The van der Waals surface area contributed by atoms with E-state index in [4.69, 9.17) is 4.74 Å². The first kappa shape index (κ1) is 55.1. The second-order valence-electron chi connectivity index (χ2n) is 16.8. The SMILES string of the molecule is CCCC/C=C\C/C=C\CCCCCCCC(=O)OCCCCC/C=C\CCCCCCCC(=O)NC(CO)C(O)CCCCCCCCCCCCCCCC. The quantitative estimate of drug-likeness (QED) is 0.0324.